The molecule has 0 aliphatic carbocycles. The van der Waals surface area contributed by atoms with Crippen molar-refractivity contribution in [1.29, 1.82) is 0 Å². The Labute approximate surface area is 70.3 Å². The van der Waals surface area contributed by atoms with Gasteiger partial charge in [0.1, 0.15) is 0 Å². The highest BCUT2D eigenvalue weighted by atomic mass is 16.4. The number of rotatable bonds is 0. The quantitative estimate of drug-likeness (QED) is 0.224. The molecular formula is C6H14N2O4. The molecule has 0 aromatic heterocycles. The molecule has 5 N–H and O–H groups in total. The van der Waals surface area contributed by atoms with Crippen molar-refractivity contribution in [3.05, 3.63) is 0 Å². The summed E-state index contributed by atoms with van der Waals surface area (Å²) in [5, 5.41) is 14.8. The van der Waals surface area contributed by atoms with Crippen LogP contribution in [0.4, 0.5) is 0 Å². The highest BCUT2D eigenvalue weighted by molar-refractivity contribution is 6.27. The monoisotopic (exact) mass is 178 g/mol. The smallest absolute Gasteiger partial charge is 0.414 e. The van der Waals surface area contributed by atoms with Crippen molar-refractivity contribution in [2.24, 2.45) is 5.84 Å². The van der Waals surface area contributed by atoms with E-state index in [1.807, 2.05) is 20.8 Å². The van der Waals surface area contributed by atoms with Gasteiger partial charge in [-0.1, -0.05) is 0 Å². The number of carbonyl (C=O) groups is 2. The summed E-state index contributed by atoms with van der Waals surface area (Å²) < 4.78 is 0. The molecule has 0 saturated carbocycles. The van der Waals surface area contributed by atoms with E-state index in [0.29, 0.717) is 0 Å². The fourth-order valence-electron chi connectivity index (χ4n) is 0. The van der Waals surface area contributed by atoms with E-state index in [1.54, 1.807) is 0 Å². The molecule has 6 heteroatoms. The SMILES string of the molecule is CC(C)(C)NN.O=C(O)C(=O)O. The average Bonchev–Trinajstić information content (AvgIpc) is 1.87. The largest absolute Gasteiger partial charge is 0.473 e. The van der Waals surface area contributed by atoms with Gasteiger partial charge in [-0.3, -0.25) is 11.3 Å². The van der Waals surface area contributed by atoms with Crippen LogP contribution in [-0.4, -0.2) is 27.7 Å². The van der Waals surface area contributed by atoms with Crippen molar-refractivity contribution in [2.45, 2.75) is 26.3 Å². The van der Waals surface area contributed by atoms with Crippen LogP contribution in [-0.2, 0) is 9.59 Å². The topological polar surface area (TPSA) is 113 Å². The van der Waals surface area contributed by atoms with E-state index in [9.17, 15) is 0 Å². The second kappa shape index (κ2) is 5.50. The van der Waals surface area contributed by atoms with E-state index in [0.717, 1.165) is 0 Å². The number of nitrogens with one attached hydrogen (secondary N) is 1. The zero-order valence-electron chi connectivity index (χ0n) is 7.29. The molecule has 0 aliphatic rings. The summed E-state index contributed by atoms with van der Waals surface area (Å²) in [6.07, 6.45) is 0. The zero-order chi connectivity index (χ0) is 10.4. The zero-order valence-corrected chi connectivity index (χ0v) is 7.29. The number of carboxylic acid groups (broad SMARTS) is 2. The second-order valence-corrected chi connectivity index (χ2v) is 3.00. The van der Waals surface area contributed by atoms with Gasteiger partial charge >= 0.3 is 11.9 Å². The Morgan fingerprint density at radius 3 is 1.33 bits per heavy atom. The summed E-state index contributed by atoms with van der Waals surface area (Å²) in [5.41, 5.74) is 2.67. The molecule has 0 saturated heterocycles. The van der Waals surface area contributed by atoms with Crippen molar-refractivity contribution in [2.75, 3.05) is 0 Å². The standard InChI is InChI=1S/C4H12N2.C2H2O4/c1-4(2,3)6-5;3-1(4)2(5)6/h6H,5H2,1-3H3;(H,3,4)(H,5,6). The molecule has 0 radical (unpaired) electrons. The van der Waals surface area contributed by atoms with Crippen LogP contribution in [0.15, 0.2) is 0 Å². The van der Waals surface area contributed by atoms with Crippen LogP contribution >= 0.6 is 0 Å². The molecule has 0 spiro atoms. The highest BCUT2D eigenvalue weighted by Gasteiger charge is 2.04. The van der Waals surface area contributed by atoms with E-state index >= 15 is 0 Å². The Morgan fingerprint density at radius 2 is 1.33 bits per heavy atom. The first-order valence-electron chi connectivity index (χ1n) is 3.14. The molecule has 0 heterocycles. The first-order valence-corrected chi connectivity index (χ1v) is 3.14. The van der Waals surface area contributed by atoms with Gasteiger partial charge in [0.15, 0.2) is 0 Å². The summed E-state index contributed by atoms with van der Waals surface area (Å²) in [6, 6.07) is 0. The van der Waals surface area contributed by atoms with E-state index in [1.165, 1.54) is 0 Å². The van der Waals surface area contributed by atoms with Gasteiger partial charge in [-0.25, -0.2) is 9.59 Å². The number of hydrogen-bond donors (Lipinski definition) is 4. The van der Waals surface area contributed by atoms with Crippen molar-refractivity contribution >= 4 is 11.9 Å². The maximum atomic E-state index is 9.10. The summed E-state index contributed by atoms with van der Waals surface area (Å²) >= 11 is 0. The summed E-state index contributed by atoms with van der Waals surface area (Å²) in [5.74, 6) is 1.41. The van der Waals surface area contributed by atoms with Gasteiger partial charge in [-0.15, -0.1) is 0 Å². The molecule has 0 rings (SSSR count). The lowest BCUT2D eigenvalue weighted by Crippen LogP contribution is -2.41. The van der Waals surface area contributed by atoms with Crippen molar-refractivity contribution in [3.63, 3.8) is 0 Å². The number of nitrogens with two attached hydrogens (primary N) is 1. The van der Waals surface area contributed by atoms with E-state index in [4.69, 9.17) is 25.6 Å². The minimum atomic E-state index is -1.82. The predicted octanol–water partition coefficient (Wildman–Crippen LogP) is -0.596. The first kappa shape index (κ1) is 13.4. The highest BCUT2D eigenvalue weighted by Crippen LogP contribution is 1.92. The van der Waals surface area contributed by atoms with Crippen LogP contribution in [0.2, 0.25) is 0 Å². The van der Waals surface area contributed by atoms with Gasteiger partial charge in [0, 0.05) is 5.54 Å². The number of hydrazine groups is 1. The molecule has 0 aromatic carbocycles. The molecule has 0 aromatic rings. The second-order valence-electron chi connectivity index (χ2n) is 3.00. The van der Waals surface area contributed by atoms with Gasteiger partial charge < -0.3 is 10.2 Å². The van der Waals surface area contributed by atoms with Gasteiger partial charge in [-0.2, -0.15) is 0 Å². The van der Waals surface area contributed by atoms with Crippen molar-refractivity contribution in [3.8, 4) is 0 Å². The molecule has 0 bridgehead atoms. The molecular weight excluding hydrogens is 164 g/mol. The first-order chi connectivity index (χ1) is 5.20. The Bertz CT molecular complexity index is 149. The Morgan fingerprint density at radius 1 is 1.17 bits per heavy atom. The third kappa shape index (κ3) is 15.9. The third-order valence-corrected chi connectivity index (χ3v) is 0.616. The molecule has 0 atom stereocenters. The van der Waals surface area contributed by atoms with Crippen LogP contribution in [0, 0.1) is 0 Å². The van der Waals surface area contributed by atoms with Gasteiger partial charge in [0.25, 0.3) is 0 Å². The summed E-state index contributed by atoms with van der Waals surface area (Å²) in [7, 11) is 0. The predicted molar refractivity (Wildman–Crippen MR) is 42.3 cm³/mol. The molecule has 6 nitrogen and oxygen atoms in total. The molecule has 12 heavy (non-hydrogen) atoms. The van der Waals surface area contributed by atoms with Crippen LogP contribution in [0.5, 0.6) is 0 Å². The molecule has 0 aliphatic heterocycles. The molecule has 72 valence electrons. The van der Waals surface area contributed by atoms with Gasteiger partial charge in [0.2, 0.25) is 0 Å². The maximum Gasteiger partial charge on any atom is 0.414 e. The molecule has 0 amide bonds. The third-order valence-electron chi connectivity index (χ3n) is 0.616. The Hall–Kier alpha value is -1.14. The average molecular weight is 178 g/mol. The fourth-order valence-corrected chi connectivity index (χ4v) is 0. The van der Waals surface area contributed by atoms with Crippen LogP contribution in [0.3, 0.4) is 0 Å². The van der Waals surface area contributed by atoms with Crippen molar-refractivity contribution < 1.29 is 19.8 Å². The minimum absolute atomic E-state index is 0.0694. The number of aliphatic carboxylic acids is 2. The lowest BCUT2D eigenvalue weighted by Gasteiger charge is -2.14. The normalized spacial score (nSPS) is 9.67. The van der Waals surface area contributed by atoms with Crippen molar-refractivity contribution in [1.82, 2.24) is 5.43 Å². The van der Waals surface area contributed by atoms with E-state index in [-0.39, 0.29) is 5.54 Å². The van der Waals surface area contributed by atoms with E-state index < -0.39 is 11.9 Å². The summed E-state index contributed by atoms with van der Waals surface area (Å²) in [4.78, 5) is 18.2. The summed E-state index contributed by atoms with van der Waals surface area (Å²) in [6.45, 7) is 6.02. The minimum Gasteiger partial charge on any atom is -0.473 e. The fraction of sp³-hybridized carbons (Fsp3) is 0.667. The Kier molecular flexibility index (Phi) is 6.17. The van der Waals surface area contributed by atoms with Crippen LogP contribution in [0.25, 0.3) is 0 Å². The Balaban J connectivity index is 0. The van der Waals surface area contributed by atoms with Crippen LogP contribution < -0.4 is 11.3 Å². The lowest BCUT2D eigenvalue weighted by atomic mass is 10.1. The lowest BCUT2D eigenvalue weighted by molar-refractivity contribution is -0.159. The van der Waals surface area contributed by atoms with E-state index in [2.05, 4.69) is 5.43 Å². The number of carboxylic acids is 2. The number of hydrogen-bond acceptors (Lipinski definition) is 4. The maximum absolute atomic E-state index is 9.10. The van der Waals surface area contributed by atoms with Crippen LogP contribution in [0.1, 0.15) is 20.8 Å². The molecule has 0 unspecified atom stereocenters. The molecule has 0 fully saturated rings. The van der Waals surface area contributed by atoms with Gasteiger partial charge in [-0.05, 0) is 20.8 Å². The van der Waals surface area contributed by atoms with Gasteiger partial charge in [0.05, 0.1) is 0 Å².